The van der Waals surface area contributed by atoms with Gasteiger partial charge in [-0.2, -0.15) is 0 Å². The molecule has 2 amide bonds. The molecule has 0 aromatic heterocycles. The minimum atomic E-state index is -0.138. The number of hydrogen-bond donors (Lipinski definition) is 2. The van der Waals surface area contributed by atoms with Gasteiger partial charge >= 0.3 is 0 Å². The van der Waals surface area contributed by atoms with Gasteiger partial charge in [-0.25, -0.2) is 0 Å². The fraction of sp³-hybridized carbons (Fsp3) is 0.375. The highest BCUT2D eigenvalue weighted by atomic mass is 16.3. The molecule has 1 fully saturated rings. The van der Waals surface area contributed by atoms with E-state index in [0.29, 0.717) is 24.4 Å². The van der Waals surface area contributed by atoms with Crippen LogP contribution in [0.2, 0.25) is 0 Å². The predicted octanol–water partition coefficient (Wildman–Crippen LogP) is 4.10. The maximum Gasteiger partial charge on any atom is 0.253 e. The molecular formula is C32H39N3O3. The van der Waals surface area contributed by atoms with Crippen LogP contribution < -0.4 is 5.32 Å². The average Bonchev–Trinajstić information content (AvgIpc) is 2.95. The van der Waals surface area contributed by atoms with E-state index in [9.17, 15) is 9.59 Å². The molecule has 3 aromatic carbocycles. The van der Waals surface area contributed by atoms with Crippen molar-refractivity contribution in [2.24, 2.45) is 0 Å². The molecular weight excluding hydrogens is 474 g/mol. The lowest BCUT2D eigenvalue weighted by Gasteiger charge is -2.33. The van der Waals surface area contributed by atoms with Crippen LogP contribution in [0, 0.1) is 0 Å². The summed E-state index contributed by atoms with van der Waals surface area (Å²) in [5.41, 5.74) is 4.15. The Kier molecular flexibility index (Phi) is 10.1. The number of likely N-dealkylation sites (tertiary alicyclic amines) is 1. The Bertz CT molecular complexity index is 1100. The minimum absolute atomic E-state index is 0.0214. The van der Waals surface area contributed by atoms with Crippen molar-refractivity contribution >= 4 is 11.8 Å². The number of carbonyl (C=O) groups is 2. The van der Waals surface area contributed by atoms with Crippen molar-refractivity contribution in [2.75, 3.05) is 39.8 Å². The largest absolute Gasteiger partial charge is 0.395 e. The number of benzene rings is 3. The predicted molar refractivity (Wildman–Crippen MR) is 151 cm³/mol. The summed E-state index contributed by atoms with van der Waals surface area (Å²) < 4.78 is 0. The molecule has 1 aliphatic rings. The third kappa shape index (κ3) is 7.76. The van der Waals surface area contributed by atoms with Crippen molar-refractivity contribution in [3.63, 3.8) is 0 Å². The number of aliphatic hydroxyl groups excluding tert-OH is 1. The molecule has 6 heteroatoms. The van der Waals surface area contributed by atoms with Gasteiger partial charge in [0.05, 0.1) is 13.0 Å². The van der Waals surface area contributed by atoms with E-state index in [4.69, 9.17) is 5.11 Å². The van der Waals surface area contributed by atoms with E-state index in [-0.39, 0.29) is 24.5 Å². The maximum atomic E-state index is 12.7. The third-order valence-electron chi connectivity index (χ3n) is 7.44. The van der Waals surface area contributed by atoms with Gasteiger partial charge in [0.15, 0.2) is 0 Å². The van der Waals surface area contributed by atoms with E-state index in [1.165, 1.54) is 16.0 Å². The highest BCUT2D eigenvalue weighted by molar-refractivity contribution is 5.94. The van der Waals surface area contributed by atoms with Crippen molar-refractivity contribution in [3.05, 3.63) is 107 Å². The number of hydrogen-bond acceptors (Lipinski definition) is 4. The third-order valence-corrected chi connectivity index (χ3v) is 7.44. The van der Waals surface area contributed by atoms with E-state index in [0.717, 1.165) is 44.5 Å². The molecule has 2 N–H and O–H groups in total. The molecule has 0 unspecified atom stereocenters. The van der Waals surface area contributed by atoms with Gasteiger partial charge in [-0.3, -0.25) is 9.59 Å². The minimum Gasteiger partial charge on any atom is -0.395 e. The van der Waals surface area contributed by atoms with E-state index in [2.05, 4.69) is 70.9 Å². The second kappa shape index (κ2) is 13.9. The second-order valence-corrected chi connectivity index (χ2v) is 10.2. The van der Waals surface area contributed by atoms with Gasteiger partial charge in [-0.15, -0.1) is 0 Å². The van der Waals surface area contributed by atoms with E-state index in [1.54, 1.807) is 19.2 Å². The van der Waals surface area contributed by atoms with Gasteiger partial charge < -0.3 is 20.2 Å². The fourth-order valence-electron chi connectivity index (χ4n) is 5.21. The first-order valence-electron chi connectivity index (χ1n) is 13.6. The number of aliphatic hydroxyl groups is 1. The lowest BCUT2D eigenvalue weighted by atomic mass is 9.88. The molecule has 1 aliphatic heterocycles. The molecule has 0 aliphatic carbocycles. The lowest BCUT2D eigenvalue weighted by Crippen LogP contribution is -2.45. The van der Waals surface area contributed by atoms with Crippen molar-refractivity contribution in [2.45, 2.75) is 37.6 Å². The Morgan fingerprint density at radius 1 is 0.921 bits per heavy atom. The SMILES string of the molecule is CN(CCO)C(=O)c1ccc(CC(=O)NC2CCN(CCC(c3ccccc3)c3ccccc3)CC2)cc1. The molecule has 200 valence electrons. The van der Waals surface area contributed by atoms with Gasteiger partial charge in [0, 0.05) is 44.2 Å². The number of rotatable bonds is 11. The molecule has 0 atom stereocenters. The molecule has 6 nitrogen and oxygen atoms in total. The van der Waals surface area contributed by atoms with Crippen LogP contribution in [0.1, 0.15) is 52.2 Å². The first-order valence-corrected chi connectivity index (χ1v) is 13.6. The van der Waals surface area contributed by atoms with Gasteiger partial charge in [0.25, 0.3) is 5.91 Å². The van der Waals surface area contributed by atoms with Crippen molar-refractivity contribution in [3.8, 4) is 0 Å². The summed E-state index contributed by atoms with van der Waals surface area (Å²) in [7, 11) is 1.66. The Morgan fingerprint density at radius 3 is 2.05 bits per heavy atom. The Morgan fingerprint density at radius 2 is 1.50 bits per heavy atom. The summed E-state index contributed by atoms with van der Waals surface area (Å²) in [5, 5.41) is 12.2. The highest BCUT2D eigenvalue weighted by Crippen LogP contribution is 2.28. The summed E-state index contributed by atoms with van der Waals surface area (Å²) in [5.74, 6) is 0.264. The summed E-state index contributed by atoms with van der Waals surface area (Å²) in [6, 6.07) is 28.8. The number of nitrogens with one attached hydrogen (secondary N) is 1. The zero-order valence-electron chi connectivity index (χ0n) is 22.3. The monoisotopic (exact) mass is 513 g/mol. The van der Waals surface area contributed by atoms with Crippen LogP contribution in [0.25, 0.3) is 0 Å². The Labute approximate surface area is 226 Å². The van der Waals surface area contributed by atoms with E-state index >= 15 is 0 Å². The van der Waals surface area contributed by atoms with E-state index < -0.39 is 0 Å². The molecule has 1 heterocycles. The average molecular weight is 514 g/mol. The molecule has 38 heavy (non-hydrogen) atoms. The van der Waals surface area contributed by atoms with Crippen molar-refractivity contribution in [1.82, 2.24) is 15.1 Å². The number of carbonyl (C=O) groups excluding carboxylic acids is 2. The molecule has 1 saturated heterocycles. The molecule has 0 spiro atoms. The molecule has 0 radical (unpaired) electrons. The van der Waals surface area contributed by atoms with Crippen LogP contribution in [-0.2, 0) is 11.2 Å². The van der Waals surface area contributed by atoms with Crippen LogP contribution in [0.4, 0.5) is 0 Å². The lowest BCUT2D eigenvalue weighted by molar-refractivity contribution is -0.121. The summed E-state index contributed by atoms with van der Waals surface area (Å²) in [6.45, 7) is 3.23. The number of amides is 2. The quantitative estimate of drug-likeness (QED) is 0.405. The second-order valence-electron chi connectivity index (χ2n) is 10.2. The van der Waals surface area contributed by atoms with Crippen LogP contribution in [0.3, 0.4) is 0 Å². The van der Waals surface area contributed by atoms with Crippen LogP contribution >= 0.6 is 0 Å². The zero-order chi connectivity index (χ0) is 26.7. The molecule has 4 rings (SSSR count). The van der Waals surface area contributed by atoms with Crippen LogP contribution in [0.15, 0.2) is 84.9 Å². The van der Waals surface area contributed by atoms with Crippen LogP contribution in [0.5, 0.6) is 0 Å². The molecule has 0 bridgehead atoms. The summed E-state index contributed by atoms with van der Waals surface area (Å²) in [4.78, 5) is 29.0. The standard InChI is InChI=1S/C32H39N3O3/c1-34(22-23-36)32(38)28-14-12-25(13-15-28)24-31(37)33-29-16-19-35(20-17-29)21-18-30(26-8-4-2-5-9-26)27-10-6-3-7-11-27/h2-15,29-30,36H,16-24H2,1H3,(H,33,37). The number of likely N-dealkylation sites (N-methyl/N-ethyl adjacent to an activating group) is 1. The Hall–Kier alpha value is -3.48. The first-order chi connectivity index (χ1) is 18.5. The van der Waals surface area contributed by atoms with Crippen molar-refractivity contribution < 1.29 is 14.7 Å². The summed E-state index contributed by atoms with van der Waals surface area (Å²) in [6.07, 6.45) is 3.28. The molecule has 0 saturated carbocycles. The number of piperidine rings is 1. The topological polar surface area (TPSA) is 72.9 Å². The summed E-state index contributed by atoms with van der Waals surface area (Å²) >= 11 is 0. The van der Waals surface area contributed by atoms with Gasteiger partial charge in [-0.1, -0.05) is 72.8 Å². The van der Waals surface area contributed by atoms with Crippen molar-refractivity contribution in [1.29, 1.82) is 0 Å². The molecule has 3 aromatic rings. The fourth-order valence-corrected chi connectivity index (χ4v) is 5.21. The van der Waals surface area contributed by atoms with Crippen LogP contribution in [-0.4, -0.2) is 72.6 Å². The zero-order valence-corrected chi connectivity index (χ0v) is 22.3. The Balaban J connectivity index is 1.22. The van der Waals surface area contributed by atoms with Gasteiger partial charge in [-0.05, 0) is 54.6 Å². The van der Waals surface area contributed by atoms with E-state index in [1.807, 2.05) is 12.1 Å². The van der Waals surface area contributed by atoms with Gasteiger partial charge in [0.1, 0.15) is 0 Å². The maximum absolute atomic E-state index is 12.7. The highest BCUT2D eigenvalue weighted by Gasteiger charge is 2.22. The smallest absolute Gasteiger partial charge is 0.253 e. The normalized spacial score (nSPS) is 14.4. The first kappa shape index (κ1) is 27.6. The number of nitrogens with zero attached hydrogens (tertiary/aromatic N) is 2. The van der Waals surface area contributed by atoms with Gasteiger partial charge in [0.2, 0.25) is 5.91 Å².